The summed E-state index contributed by atoms with van der Waals surface area (Å²) in [6.07, 6.45) is 6.07. The summed E-state index contributed by atoms with van der Waals surface area (Å²) >= 11 is 0. The topological polar surface area (TPSA) is 145 Å². The number of esters is 1. The lowest BCUT2D eigenvalue weighted by atomic mass is 10.1. The number of hydrogen-bond acceptors (Lipinski definition) is 13. The molecule has 0 saturated heterocycles. The number of carbonyl (C=O) groups excluding carboxylic acids is 1. The van der Waals surface area contributed by atoms with Gasteiger partial charge in [-0.2, -0.15) is 0 Å². The molecule has 0 atom stereocenters. The summed E-state index contributed by atoms with van der Waals surface area (Å²) in [5, 5.41) is 0. The van der Waals surface area contributed by atoms with Crippen LogP contribution in [0.15, 0.2) is 24.3 Å². The fourth-order valence-corrected chi connectivity index (χ4v) is 3.84. The van der Waals surface area contributed by atoms with Crippen molar-refractivity contribution in [2.24, 2.45) is 0 Å². The monoisotopic (exact) mass is 675 g/mol. The molecule has 1 aromatic carbocycles. The number of ether oxygens (including phenoxy) is 11. The van der Waals surface area contributed by atoms with Crippen LogP contribution in [-0.2, 0) is 52.2 Å². The van der Waals surface area contributed by atoms with Crippen LogP contribution in [0.3, 0.4) is 0 Å². The zero-order valence-electron chi connectivity index (χ0n) is 28.7. The van der Waals surface area contributed by atoms with Crippen LogP contribution < -0.4 is 10.5 Å². The first-order valence-electron chi connectivity index (χ1n) is 17.1. The molecule has 13 heteroatoms. The lowest BCUT2D eigenvalue weighted by molar-refractivity contribution is -0.145. The number of anilines is 1. The predicted molar refractivity (Wildman–Crippen MR) is 178 cm³/mol. The summed E-state index contributed by atoms with van der Waals surface area (Å²) in [6.45, 7) is 11.6. The summed E-state index contributed by atoms with van der Waals surface area (Å²) in [6, 6.07) is 7.37. The van der Waals surface area contributed by atoms with E-state index in [1.54, 1.807) is 6.07 Å². The van der Waals surface area contributed by atoms with Crippen LogP contribution in [0.4, 0.5) is 5.69 Å². The summed E-state index contributed by atoms with van der Waals surface area (Å²) in [4.78, 5) is 11.6. The number of rotatable bonds is 37. The van der Waals surface area contributed by atoms with Crippen molar-refractivity contribution < 1.29 is 56.9 Å². The molecule has 0 aliphatic rings. The Hall–Kier alpha value is -2.07. The maximum absolute atomic E-state index is 11.6. The molecule has 1 aromatic rings. The van der Waals surface area contributed by atoms with Crippen molar-refractivity contribution in [2.45, 2.75) is 45.4 Å². The molecule has 0 aliphatic carbocycles. The molecule has 274 valence electrons. The highest BCUT2D eigenvalue weighted by Crippen LogP contribution is 2.19. The Balaban J connectivity index is 1.65. The molecule has 0 unspecified atom stereocenters. The first-order valence-corrected chi connectivity index (χ1v) is 17.1. The molecule has 47 heavy (non-hydrogen) atoms. The molecule has 2 N–H and O–H groups in total. The second-order valence-electron chi connectivity index (χ2n) is 10.3. The van der Waals surface area contributed by atoms with Gasteiger partial charge in [0.25, 0.3) is 0 Å². The maximum Gasteiger partial charge on any atom is 0.305 e. The second kappa shape index (κ2) is 35.2. The third kappa shape index (κ3) is 31.0. The van der Waals surface area contributed by atoms with E-state index < -0.39 is 0 Å². The van der Waals surface area contributed by atoms with Crippen molar-refractivity contribution in [1.29, 1.82) is 0 Å². The van der Waals surface area contributed by atoms with Crippen LogP contribution in [0.2, 0.25) is 0 Å². The van der Waals surface area contributed by atoms with Gasteiger partial charge in [-0.25, -0.2) is 0 Å². The van der Waals surface area contributed by atoms with E-state index in [4.69, 9.17) is 57.8 Å². The highest BCUT2D eigenvalue weighted by atomic mass is 16.6. The number of nitrogens with two attached hydrogens (primary N) is 1. The highest BCUT2D eigenvalue weighted by molar-refractivity contribution is 5.69. The van der Waals surface area contributed by atoms with Crippen molar-refractivity contribution in [1.82, 2.24) is 0 Å². The molecule has 0 aliphatic heterocycles. The molecule has 0 fully saturated rings. The smallest absolute Gasteiger partial charge is 0.305 e. The number of carbonyl (C=O) groups is 1. The highest BCUT2D eigenvalue weighted by Gasteiger charge is 2.03. The number of hydrogen-bond donors (Lipinski definition) is 1. The Morgan fingerprint density at radius 1 is 0.489 bits per heavy atom. The van der Waals surface area contributed by atoms with E-state index in [0.29, 0.717) is 143 Å². The molecule has 1 rings (SSSR count). The summed E-state index contributed by atoms with van der Waals surface area (Å²) in [5.74, 6) is 0.518. The SMILES string of the molecule is CCCCCCCC(=O)OCCOCCOCCOCCOCCOCCOCCOCCOCCOCCOc1ccccc1N. The quantitative estimate of drug-likeness (QED) is 0.0622. The fourth-order valence-electron chi connectivity index (χ4n) is 3.84. The number of para-hydroxylation sites is 2. The summed E-state index contributed by atoms with van der Waals surface area (Å²) in [5.41, 5.74) is 6.43. The van der Waals surface area contributed by atoms with Crippen LogP contribution in [0, 0.1) is 0 Å². The van der Waals surface area contributed by atoms with Crippen molar-refractivity contribution in [2.75, 3.05) is 138 Å². The molecule has 0 aromatic heterocycles. The molecular weight excluding hydrogens is 614 g/mol. The fraction of sp³-hybridized carbons (Fsp3) is 0.794. The Bertz CT molecular complexity index is 804. The van der Waals surface area contributed by atoms with Gasteiger partial charge in [0.2, 0.25) is 0 Å². The second-order valence-corrected chi connectivity index (χ2v) is 10.3. The Kier molecular flexibility index (Phi) is 32.2. The molecule has 0 heterocycles. The Morgan fingerprint density at radius 2 is 0.851 bits per heavy atom. The minimum atomic E-state index is -0.148. The number of benzene rings is 1. The van der Waals surface area contributed by atoms with Crippen LogP contribution >= 0.6 is 0 Å². The van der Waals surface area contributed by atoms with Gasteiger partial charge in [-0.15, -0.1) is 0 Å². The van der Waals surface area contributed by atoms with Crippen molar-refractivity contribution in [3.63, 3.8) is 0 Å². The van der Waals surface area contributed by atoms with Gasteiger partial charge >= 0.3 is 5.97 Å². The number of nitrogen functional groups attached to an aromatic ring is 1. The van der Waals surface area contributed by atoms with Gasteiger partial charge in [-0.1, -0.05) is 44.7 Å². The van der Waals surface area contributed by atoms with E-state index in [1.165, 1.54) is 19.3 Å². The normalized spacial score (nSPS) is 11.3. The van der Waals surface area contributed by atoms with E-state index in [0.717, 1.165) is 12.8 Å². The largest absolute Gasteiger partial charge is 0.489 e. The van der Waals surface area contributed by atoms with Gasteiger partial charge in [0, 0.05) is 6.42 Å². The molecule has 0 bridgehead atoms. The molecular formula is C34H61NO12. The summed E-state index contributed by atoms with van der Waals surface area (Å²) < 4.78 is 59.9. The van der Waals surface area contributed by atoms with Gasteiger partial charge in [0.15, 0.2) is 0 Å². The average Bonchev–Trinajstić information content (AvgIpc) is 3.08. The van der Waals surface area contributed by atoms with E-state index in [1.807, 2.05) is 18.2 Å². The van der Waals surface area contributed by atoms with Crippen molar-refractivity contribution in [3.05, 3.63) is 24.3 Å². The summed E-state index contributed by atoms with van der Waals surface area (Å²) in [7, 11) is 0. The van der Waals surface area contributed by atoms with Crippen LogP contribution in [0.25, 0.3) is 0 Å². The first-order chi connectivity index (χ1) is 23.2. The van der Waals surface area contributed by atoms with Gasteiger partial charge in [-0.05, 0) is 18.6 Å². The van der Waals surface area contributed by atoms with E-state index in [-0.39, 0.29) is 12.6 Å². The van der Waals surface area contributed by atoms with Crippen LogP contribution in [-0.4, -0.2) is 138 Å². The minimum Gasteiger partial charge on any atom is -0.489 e. The molecule has 0 saturated carbocycles. The third-order valence-electron chi connectivity index (χ3n) is 6.36. The molecule has 0 spiro atoms. The molecule has 0 amide bonds. The third-order valence-corrected chi connectivity index (χ3v) is 6.36. The van der Waals surface area contributed by atoms with E-state index >= 15 is 0 Å². The van der Waals surface area contributed by atoms with Crippen molar-refractivity contribution >= 4 is 11.7 Å². The maximum atomic E-state index is 11.6. The van der Waals surface area contributed by atoms with Gasteiger partial charge in [0.05, 0.1) is 125 Å². The van der Waals surface area contributed by atoms with Gasteiger partial charge in [0.1, 0.15) is 19.0 Å². The minimum absolute atomic E-state index is 0.148. The number of unbranched alkanes of at least 4 members (excludes halogenated alkanes) is 4. The lowest BCUT2D eigenvalue weighted by Gasteiger charge is -2.10. The zero-order chi connectivity index (χ0) is 33.7. The molecule has 0 radical (unpaired) electrons. The Morgan fingerprint density at radius 3 is 1.26 bits per heavy atom. The molecule has 13 nitrogen and oxygen atoms in total. The first kappa shape index (κ1) is 43.0. The zero-order valence-corrected chi connectivity index (χ0v) is 28.7. The van der Waals surface area contributed by atoms with Crippen LogP contribution in [0.5, 0.6) is 5.75 Å². The van der Waals surface area contributed by atoms with Gasteiger partial charge in [-0.3, -0.25) is 4.79 Å². The van der Waals surface area contributed by atoms with E-state index in [2.05, 4.69) is 6.92 Å². The van der Waals surface area contributed by atoms with E-state index in [9.17, 15) is 4.79 Å². The van der Waals surface area contributed by atoms with Crippen molar-refractivity contribution in [3.8, 4) is 5.75 Å². The average molecular weight is 676 g/mol. The standard InChI is InChI=1S/C34H61NO12/c1-2-3-4-5-6-11-34(36)47-31-29-45-27-25-43-23-21-41-19-17-39-15-13-37-12-14-38-16-18-40-20-22-42-24-26-44-28-30-46-33-10-8-7-9-32(33)35/h7-10H,2-6,11-31,35H2,1H3. The van der Waals surface area contributed by atoms with Gasteiger partial charge < -0.3 is 57.8 Å². The predicted octanol–water partition coefficient (Wildman–Crippen LogP) is 3.70. The Labute approximate surface area is 281 Å². The lowest BCUT2D eigenvalue weighted by Crippen LogP contribution is -2.15. The van der Waals surface area contributed by atoms with Crippen LogP contribution in [0.1, 0.15) is 45.4 Å².